The lowest BCUT2D eigenvalue weighted by Gasteiger charge is -2.32. The van der Waals surface area contributed by atoms with E-state index in [0.717, 1.165) is 12.8 Å². The monoisotopic (exact) mass is 449 g/mol. The first-order chi connectivity index (χ1) is 15.7. The number of imide groups is 2. The van der Waals surface area contributed by atoms with Crippen LogP contribution in [0.5, 0.6) is 0 Å². The normalized spacial score (nSPS) is 15.3. The van der Waals surface area contributed by atoms with Crippen LogP contribution in [0, 0.1) is 0 Å². The van der Waals surface area contributed by atoms with Crippen LogP contribution in [-0.2, 0) is 4.79 Å². The number of hydrogen-bond donors (Lipinski definition) is 0. The molecule has 2 aliphatic heterocycles. The third-order valence-electron chi connectivity index (χ3n) is 6.24. The van der Waals surface area contributed by atoms with Gasteiger partial charge in [0.25, 0.3) is 23.6 Å². The maximum Gasteiger partial charge on any atom is 0.261 e. The molecule has 8 heteroatoms. The zero-order chi connectivity index (χ0) is 23.9. The van der Waals surface area contributed by atoms with Gasteiger partial charge >= 0.3 is 0 Å². The fraction of sp³-hybridized carbons (Fsp3) is 0.400. The van der Waals surface area contributed by atoms with E-state index in [1.807, 2.05) is 19.0 Å². The first kappa shape index (κ1) is 22.8. The number of likely N-dealkylation sites (N-methyl/N-ethyl adjacent to an activating group) is 1. The number of ketones is 1. The van der Waals surface area contributed by atoms with Crippen molar-refractivity contribution < 1.29 is 24.0 Å². The van der Waals surface area contributed by atoms with Gasteiger partial charge in [0, 0.05) is 59.1 Å². The Kier molecular flexibility index (Phi) is 6.12. The molecule has 0 bridgehead atoms. The highest BCUT2D eigenvalue weighted by molar-refractivity contribution is 6.33. The minimum Gasteiger partial charge on any atom is -0.308 e. The van der Waals surface area contributed by atoms with E-state index in [9.17, 15) is 24.0 Å². The van der Waals surface area contributed by atoms with E-state index in [1.54, 1.807) is 31.2 Å². The van der Waals surface area contributed by atoms with E-state index in [2.05, 4.69) is 0 Å². The summed E-state index contributed by atoms with van der Waals surface area (Å²) in [7, 11) is 3.73. The minimum absolute atomic E-state index is 0.123. The summed E-state index contributed by atoms with van der Waals surface area (Å²) in [6.45, 7) is 2.59. The van der Waals surface area contributed by atoms with Crippen LogP contribution in [0.2, 0.25) is 0 Å². The SMILES string of the molecule is CC(=O)CCCCCN1C(=O)c2ccc3c4c(ccc(c24)C1=O)C(=O)N(CCN(C)C)C3=O. The fourth-order valence-electron chi connectivity index (χ4n) is 4.50. The van der Waals surface area contributed by atoms with Gasteiger partial charge in [-0.3, -0.25) is 29.0 Å². The minimum atomic E-state index is -0.419. The van der Waals surface area contributed by atoms with Crippen molar-refractivity contribution in [2.24, 2.45) is 0 Å². The smallest absolute Gasteiger partial charge is 0.261 e. The number of carbonyl (C=O) groups excluding carboxylic acids is 5. The van der Waals surface area contributed by atoms with E-state index < -0.39 is 23.6 Å². The third kappa shape index (κ3) is 3.95. The first-order valence-electron chi connectivity index (χ1n) is 11.2. The molecule has 0 spiro atoms. The molecule has 0 saturated carbocycles. The van der Waals surface area contributed by atoms with E-state index >= 15 is 0 Å². The summed E-state index contributed by atoms with van der Waals surface area (Å²) in [4.78, 5) is 68.0. The van der Waals surface area contributed by atoms with Crippen LogP contribution < -0.4 is 0 Å². The molecule has 2 aromatic carbocycles. The van der Waals surface area contributed by atoms with Gasteiger partial charge in [0.2, 0.25) is 0 Å². The lowest BCUT2D eigenvalue weighted by Crippen LogP contribution is -2.45. The molecule has 0 atom stereocenters. The molecule has 0 fully saturated rings. The standard InChI is InChI=1S/C25H27N3O5/c1-15(29)7-5-4-6-12-27-22(30)16-8-10-18-21-19(11-9-17(20(16)21)23(27)31)25(33)28(24(18)32)14-13-26(2)3/h8-11H,4-7,12-14H2,1-3H3. The van der Waals surface area contributed by atoms with Crippen molar-refractivity contribution in [3.8, 4) is 0 Å². The van der Waals surface area contributed by atoms with Crippen LogP contribution in [0.3, 0.4) is 0 Å². The van der Waals surface area contributed by atoms with Gasteiger partial charge in [0.1, 0.15) is 5.78 Å². The first-order valence-corrected chi connectivity index (χ1v) is 11.2. The number of unbranched alkanes of at least 4 members (excludes halogenated alkanes) is 2. The number of hydrogen-bond acceptors (Lipinski definition) is 6. The van der Waals surface area contributed by atoms with Gasteiger partial charge in [-0.05, 0) is 58.1 Å². The molecule has 0 radical (unpaired) electrons. The molecule has 4 rings (SSSR count). The maximum atomic E-state index is 13.2. The summed E-state index contributed by atoms with van der Waals surface area (Å²) < 4.78 is 0. The zero-order valence-corrected chi connectivity index (χ0v) is 19.1. The molecule has 0 aromatic heterocycles. The van der Waals surface area contributed by atoms with Crippen molar-refractivity contribution in [2.75, 3.05) is 33.7 Å². The van der Waals surface area contributed by atoms with Gasteiger partial charge in [-0.25, -0.2) is 0 Å². The van der Waals surface area contributed by atoms with Crippen molar-refractivity contribution in [3.05, 3.63) is 46.5 Å². The van der Waals surface area contributed by atoms with Gasteiger partial charge in [0.15, 0.2) is 0 Å². The molecule has 0 aliphatic carbocycles. The average molecular weight is 450 g/mol. The van der Waals surface area contributed by atoms with E-state index in [-0.39, 0.29) is 18.9 Å². The number of carbonyl (C=O) groups is 5. The second-order valence-electron chi connectivity index (χ2n) is 8.91. The summed E-state index contributed by atoms with van der Waals surface area (Å²) in [5, 5.41) is 0.783. The Bertz CT molecular complexity index is 1130. The Balaban J connectivity index is 1.67. The van der Waals surface area contributed by atoms with Crippen molar-refractivity contribution in [3.63, 3.8) is 0 Å². The molecule has 0 N–H and O–H groups in total. The summed E-state index contributed by atoms with van der Waals surface area (Å²) in [6, 6.07) is 6.34. The lowest BCUT2D eigenvalue weighted by atomic mass is 9.86. The van der Waals surface area contributed by atoms with Crippen LogP contribution in [-0.4, -0.2) is 77.8 Å². The topological polar surface area (TPSA) is 95.1 Å². The largest absolute Gasteiger partial charge is 0.308 e. The number of nitrogens with zero attached hydrogens (tertiary/aromatic N) is 3. The molecule has 2 heterocycles. The molecular formula is C25H27N3O5. The van der Waals surface area contributed by atoms with Gasteiger partial charge in [-0.2, -0.15) is 0 Å². The second kappa shape index (κ2) is 8.86. The Labute approximate surface area is 192 Å². The van der Waals surface area contributed by atoms with Gasteiger partial charge in [0.05, 0.1) is 0 Å². The van der Waals surface area contributed by atoms with Gasteiger partial charge in [-0.1, -0.05) is 6.42 Å². The van der Waals surface area contributed by atoms with Crippen molar-refractivity contribution >= 4 is 40.2 Å². The van der Waals surface area contributed by atoms with E-state index in [0.29, 0.717) is 52.4 Å². The average Bonchev–Trinajstić information content (AvgIpc) is 2.77. The van der Waals surface area contributed by atoms with Crippen LogP contribution in [0.25, 0.3) is 10.8 Å². The molecule has 4 amide bonds. The summed E-state index contributed by atoms with van der Waals surface area (Å²) in [6.07, 6.45) is 2.56. The van der Waals surface area contributed by atoms with Crippen LogP contribution >= 0.6 is 0 Å². The number of amides is 4. The van der Waals surface area contributed by atoms with E-state index in [4.69, 9.17) is 0 Å². The highest BCUT2D eigenvalue weighted by Gasteiger charge is 2.39. The predicted octanol–water partition coefficient (Wildman–Crippen LogP) is 2.74. The highest BCUT2D eigenvalue weighted by atomic mass is 16.2. The lowest BCUT2D eigenvalue weighted by molar-refractivity contribution is -0.117. The second-order valence-corrected chi connectivity index (χ2v) is 8.91. The molecule has 2 aromatic rings. The van der Waals surface area contributed by atoms with Gasteiger partial charge < -0.3 is 9.69 Å². The van der Waals surface area contributed by atoms with Crippen LogP contribution in [0.4, 0.5) is 0 Å². The molecule has 0 unspecified atom stereocenters. The molecule has 172 valence electrons. The Morgan fingerprint density at radius 1 is 0.697 bits per heavy atom. The van der Waals surface area contributed by atoms with Crippen molar-refractivity contribution in [1.29, 1.82) is 0 Å². The summed E-state index contributed by atoms with van der Waals surface area (Å²) in [5.74, 6) is -1.54. The molecule has 2 aliphatic rings. The molecule has 8 nitrogen and oxygen atoms in total. The zero-order valence-electron chi connectivity index (χ0n) is 19.1. The third-order valence-corrected chi connectivity index (χ3v) is 6.24. The predicted molar refractivity (Wildman–Crippen MR) is 122 cm³/mol. The van der Waals surface area contributed by atoms with E-state index in [1.165, 1.54) is 9.80 Å². The fourth-order valence-corrected chi connectivity index (χ4v) is 4.50. The highest BCUT2D eigenvalue weighted by Crippen LogP contribution is 2.37. The molecule has 33 heavy (non-hydrogen) atoms. The number of Topliss-reactive ketones (excluding diaryl/α,β-unsaturated/α-hetero) is 1. The van der Waals surface area contributed by atoms with Crippen LogP contribution in [0.1, 0.15) is 74.0 Å². The molecule has 0 saturated heterocycles. The Morgan fingerprint density at radius 2 is 1.12 bits per heavy atom. The molecular weight excluding hydrogens is 422 g/mol. The van der Waals surface area contributed by atoms with Gasteiger partial charge in [-0.15, -0.1) is 0 Å². The van der Waals surface area contributed by atoms with Crippen molar-refractivity contribution in [2.45, 2.75) is 32.6 Å². The van der Waals surface area contributed by atoms with Crippen LogP contribution in [0.15, 0.2) is 24.3 Å². The Morgan fingerprint density at radius 3 is 1.52 bits per heavy atom. The quantitative estimate of drug-likeness (QED) is 0.432. The number of benzene rings is 2. The summed E-state index contributed by atoms with van der Waals surface area (Å²) in [5.41, 5.74) is 1.33. The number of rotatable bonds is 9. The Hall–Kier alpha value is -3.39. The van der Waals surface area contributed by atoms with Crippen molar-refractivity contribution in [1.82, 2.24) is 14.7 Å². The summed E-state index contributed by atoms with van der Waals surface area (Å²) >= 11 is 0. The maximum absolute atomic E-state index is 13.2.